The number of likely N-dealkylation sites (tertiary alicyclic amines) is 1. The zero-order valence-corrected chi connectivity index (χ0v) is 13.3. The molecule has 0 aromatic heterocycles. The summed E-state index contributed by atoms with van der Waals surface area (Å²) < 4.78 is 11.2. The van der Waals surface area contributed by atoms with Crippen LogP contribution in [0.3, 0.4) is 0 Å². The molecule has 4 nitrogen and oxygen atoms in total. The van der Waals surface area contributed by atoms with Crippen LogP contribution < -0.4 is 0 Å². The number of amides is 1. The molecule has 2 heterocycles. The van der Waals surface area contributed by atoms with Gasteiger partial charge in [-0.15, -0.1) is 0 Å². The Balaban J connectivity index is 2.27. The van der Waals surface area contributed by atoms with E-state index in [9.17, 15) is 4.79 Å². The third-order valence-electron chi connectivity index (χ3n) is 5.77. The molecule has 0 bridgehead atoms. The zero-order chi connectivity index (χ0) is 14.7. The molecular formula is C15H27NO3. The minimum Gasteiger partial charge on any atom is -0.453 e. The van der Waals surface area contributed by atoms with Crippen molar-refractivity contribution in [1.29, 1.82) is 0 Å². The molecule has 19 heavy (non-hydrogen) atoms. The van der Waals surface area contributed by atoms with Crippen LogP contribution in [0.25, 0.3) is 0 Å². The summed E-state index contributed by atoms with van der Waals surface area (Å²) in [6.07, 6.45) is 1.67. The lowest BCUT2D eigenvalue weighted by Crippen LogP contribution is -2.78. The van der Waals surface area contributed by atoms with Gasteiger partial charge in [0.15, 0.2) is 0 Å². The minimum atomic E-state index is -0.256. The Morgan fingerprint density at radius 3 is 2.11 bits per heavy atom. The fourth-order valence-electron chi connectivity index (χ4n) is 3.45. The Hall–Kier alpha value is -0.770. The van der Waals surface area contributed by atoms with Gasteiger partial charge in [0.25, 0.3) is 0 Å². The van der Waals surface area contributed by atoms with Gasteiger partial charge in [-0.2, -0.15) is 0 Å². The highest BCUT2D eigenvalue weighted by molar-refractivity contribution is 5.69. The molecule has 1 amide bonds. The average molecular weight is 269 g/mol. The lowest BCUT2D eigenvalue weighted by atomic mass is 9.55. The molecule has 110 valence electrons. The predicted octanol–water partition coefficient (Wildman–Crippen LogP) is 3.20. The van der Waals surface area contributed by atoms with Crippen LogP contribution in [0, 0.1) is 5.41 Å². The van der Waals surface area contributed by atoms with Gasteiger partial charge in [0.2, 0.25) is 0 Å². The molecule has 1 atom stereocenters. The molecule has 0 aliphatic carbocycles. The van der Waals surface area contributed by atoms with Gasteiger partial charge in [-0.05, 0) is 40.5 Å². The quantitative estimate of drug-likeness (QED) is 0.678. The highest BCUT2D eigenvalue weighted by Gasteiger charge is 2.68. The minimum absolute atomic E-state index is 0.0444. The molecule has 1 spiro atoms. The first kappa shape index (κ1) is 14.6. The number of carbonyl (C=O) groups is 1. The lowest BCUT2D eigenvalue weighted by Gasteiger charge is -2.70. The molecule has 0 saturated carbocycles. The molecule has 0 aromatic rings. The maximum Gasteiger partial charge on any atom is 0.410 e. The van der Waals surface area contributed by atoms with Crippen molar-refractivity contribution in [1.82, 2.24) is 4.90 Å². The fraction of sp³-hybridized carbons (Fsp3) is 0.933. The van der Waals surface area contributed by atoms with Crippen molar-refractivity contribution < 1.29 is 14.3 Å². The van der Waals surface area contributed by atoms with Crippen molar-refractivity contribution in [2.75, 3.05) is 13.7 Å². The van der Waals surface area contributed by atoms with E-state index < -0.39 is 0 Å². The normalized spacial score (nSPS) is 34.8. The van der Waals surface area contributed by atoms with Gasteiger partial charge in [0.05, 0.1) is 24.9 Å². The summed E-state index contributed by atoms with van der Waals surface area (Å²) in [7, 11) is 1.44. The Morgan fingerprint density at radius 2 is 1.68 bits per heavy atom. The molecule has 0 radical (unpaired) electrons. The van der Waals surface area contributed by atoms with Crippen LogP contribution in [0.5, 0.6) is 0 Å². The smallest absolute Gasteiger partial charge is 0.410 e. The maximum absolute atomic E-state index is 12.0. The van der Waals surface area contributed by atoms with Gasteiger partial charge < -0.3 is 14.4 Å². The SMILES string of the molecule is COC(=O)N1C[C@]2(CCC1(C)C)OC(C)(C)C2(C)C. The molecule has 0 aromatic carbocycles. The van der Waals surface area contributed by atoms with Crippen LogP contribution in [-0.4, -0.2) is 41.4 Å². The summed E-state index contributed by atoms with van der Waals surface area (Å²) in [5, 5.41) is 0. The number of nitrogens with zero attached hydrogens (tertiary/aromatic N) is 1. The maximum atomic E-state index is 12.0. The number of ether oxygens (including phenoxy) is 2. The summed E-state index contributed by atoms with van der Waals surface area (Å²) in [4.78, 5) is 13.9. The van der Waals surface area contributed by atoms with Crippen molar-refractivity contribution in [3.63, 3.8) is 0 Å². The molecular weight excluding hydrogens is 242 g/mol. The summed E-state index contributed by atoms with van der Waals surface area (Å²) in [6, 6.07) is 0. The Labute approximate surface area is 116 Å². The van der Waals surface area contributed by atoms with Gasteiger partial charge in [-0.1, -0.05) is 13.8 Å². The van der Waals surface area contributed by atoms with Gasteiger partial charge in [-0.25, -0.2) is 4.79 Å². The predicted molar refractivity (Wildman–Crippen MR) is 74.1 cm³/mol. The second-order valence-electron chi connectivity index (χ2n) is 7.60. The molecule has 2 fully saturated rings. The fourth-order valence-corrected chi connectivity index (χ4v) is 3.45. The van der Waals surface area contributed by atoms with Crippen molar-refractivity contribution >= 4 is 6.09 Å². The highest BCUT2D eigenvalue weighted by atomic mass is 16.6. The summed E-state index contributed by atoms with van der Waals surface area (Å²) in [5.74, 6) is 0. The number of rotatable bonds is 0. The van der Waals surface area contributed by atoms with Crippen LogP contribution in [0.4, 0.5) is 4.79 Å². The average Bonchev–Trinajstić information content (AvgIpc) is 2.30. The summed E-state index contributed by atoms with van der Waals surface area (Å²) in [6.45, 7) is 13.5. The summed E-state index contributed by atoms with van der Waals surface area (Å²) in [5.41, 5.74) is -0.503. The lowest BCUT2D eigenvalue weighted by molar-refractivity contribution is -0.370. The zero-order valence-electron chi connectivity index (χ0n) is 13.3. The van der Waals surface area contributed by atoms with Crippen molar-refractivity contribution in [3.05, 3.63) is 0 Å². The van der Waals surface area contributed by atoms with Crippen LogP contribution in [0.15, 0.2) is 0 Å². The van der Waals surface area contributed by atoms with E-state index in [0.717, 1.165) is 12.8 Å². The third-order valence-corrected chi connectivity index (χ3v) is 5.77. The number of methoxy groups -OCH3 is 1. The Bertz CT molecular complexity index is 400. The van der Waals surface area contributed by atoms with Crippen molar-refractivity contribution in [2.45, 2.75) is 71.1 Å². The largest absolute Gasteiger partial charge is 0.453 e. The number of carbonyl (C=O) groups excluding carboxylic acids is 1. The number of hydrogen-bond donors (Lipinski definition) is 0. The molecule has 2 aliphatic rings. The van der Waals surface area contributed by atoms with E-state index in [1.54, 1.807) is 0 Å². The standard InChI is InChI=1S/C15H27NO3/c1-12(2)8-9-15(10-16(12)11(17)18-7)13(3,4)14(5,6)19-15/h8-10H2,1-7H3/t15-/m0/s1. The van der Waals surface area contributed by atoms with Gasteiger partial charge in [0.1, 0.15) is 0 Å². The first-order chi connectivity index (χ1) is 8.49. The monoisotopic (exact) mass is 269 g/mol. The van der Waals surface area contributed by atoms with Crippen LogP contribution in [-0.2, 0) is 9.47 Å². The van der Waals surface area contributed by atoms with E-state index in [4.69, 9.17) is 9.47 Å². The molecule has 0 unspecified atom stereocenters. The highest BCUT2D eigenvalue weighted by Crippen LogP contribution is 2.61. The van der Waals surface area contributed by atoms with E-state index in [-0.39, 0.29) is 28.2 Å². The Morgan fingerprint density at radius 1 is 1.11 bits per heavy atom. The second-order valence-corrected chi connectivity index (χ2v) is 7.60. The van der Waals surface area contributed by atoms with Crippen LogP contribution in [0.1, 0.15) is 54.4 Å². The van der Waals surface area contributed by atoms with Gasteiger partial charge >= 0.3 is 6.09 Å². The molecule has 2 rings (SSSR count). The first-order valence-electron chi connectivity index (χ1n) is 7.05. The van der Waals surface area contributed by atoms with E-state index in [1.165, 1.54) is 7.11 Å². The van der Waals surface area contributed by atoms with E-state index in [2.05, 4.69) is 41.5 Å². The second kappa shape index (κ2) is 3.87. The third kappa shape index (κ3) is 1.79. The molecule has 4 heteroatoms. The first-order valence-corrected chi connectivity index (χ1v) is 7.05. The van der Waals surface area contributed by atoms with Crippen LogP contribution >= 0.6 is 0 Å². The Kier molecular flexibility index (Phi) is 2.98. The van der Waals surface area contributed by atoms with E-state index in [1.807, 2.05) is 4.90 Å². The van der Waals surface area contributed by atoms with E-state index in [0.29, 0.717) is 6.54 Å². The van der Waals surface area contributed by atoms with E-state index >= 15 is 0 Å². The van der Waals surface area contributed by atoms with Crippen LogP contribution in [0.2, 0.25) is 0 Å². The number of piperidine rings is 1. The summed E-state index contributed by atoms with van der Waals surface area (Å²) >= 11 is 0. The molecule has 2 aliphatic heterocycles. The molecule has 2 saturated heterocycles. The molecule has 0 N–H and O–H groups in total. The number of hydrogen-bond acceptors (Lipinski definition) is 3. The van der Waals surface area contributed by atoms with Gasteiger partial charge in [-0.3, -0.25) is 0 Å². The van der Waals surface area contributed by atoms with Crippen molar-refractivity contribution in [2.24, 2.45) is 5.41 Å². The van der Waals surface area contributed by atoms with Crippen molar-refractivity contribution in [3.8, 4) is 0 Å². The van der Waals surface area contributed by atoms with Gasteiger partial charge in [0, 0.05) is 11.0 Å². The topological polar surface area (TPSA) is 38.8 Å².